The molecular formula is C11H20O5. The molecule has 2 heterocycles. The van der Waals surface area contributed by atoms with E-state index in [9.17, 15) is 0 Å². The zero-order chi connectivity index (χ0) is 11.7. The van der Waals surface area contributed by atoms with E-state index in [-0.39, 0.29) is 36.8 Å². The second-order valence-electron chi connectivity index (χ2n) is 4.28. The van der Waals surface area contributed by atoms with Gasteiger partial charge in [-0.3, -0.25) is 0 Å². The van der Waals surface area contributed by atoms with Crippen molar-refractivity contribution >= 4 is 0 Å². The van der Waals surface area contributed by atoms with Crippen LogP contribution in [-0.2, 0) is 23.7 Å². The molecule has 0 N–H and O–H groups in total. The van der Waals surface area contributed by atoms with Crippen molar-refractivity contribution in [2.24, 2.45) is 0 Å². The molecule has 0 amide bonds. The summed E-state index contributed by atoms with van der Waals surface area (Å²) in [4.78, 5) is 0. The summed E-state index contributed by atoms with van der Waals surface area (Å²) in [6.45, 7) is 4.41. The molecule has 2 rings (SSSR count). The molecule has 6 atom stereocenters. The highest BCUT2D eigenvalue weighted by Gasteiger charge is 2.48. The molecule has 0 saturated carbocycles. The van der Waals surface area contributed by atoms with Gasteiger partial charge in [0.05, 0.1) is 12.7 Å². The molecule has 0 aromatic heterocycles. The van der Waals surface area contributed by atoms with Crippen LogP contribution >= 0.6 is 0 Å². The topological polar surface area (TPSA) is 46.2 Å². The third kappa shape index (κ3) is 2.10. The lowest BCUT2D eigenvalue weighted by molar-refractivity contribution is -0.323. The second-order valence-corrected chi connectivity index (χ2v) is 4.28. The van der Waals surface area contributed by atoms with Crippen LogP contribution in [0.2, 0.25) is 0 Å². The molecule has 5 heteroatoms. The summed E-state index contributed by atoms with van der Waals surface area (Å²) in [5, 5.41) is 0. The molecule has 2 saturated heterocycles. The van der Waals surface area contributed by atoms with Crippen molar-refractivity contribution in [3.8, 4) is 0 Å². The fraction of sp³-hybridized carbons (Fsp3) is 1.00. The van der Waals surface area contributed by atoms with Crippen molar-refractivity contribution < 1.29 is 23.7 Å². The van der Waals surface area contributed by atoms with Gasteiger partial charge in [-0.2, -0.15) is 0 Å². The minimum absolute atomic E-state index is 0.0168. The maximum absolute atomic E-state index is 5.82. The Kier molecular flexibility index (Phi) is 3.81. The van der Waals surface area contributed by atoms with Gasteiger partial charge < -0.3 is 23.7 Å². The van der Waals surface area contributed by atoms with Crippen molar-refractivity contribution in [3.05, 3.63) is 0 Å². The van der Waals surface area contributed by atoms with Crippen LogP contribution in [0.4, 0.5) is 0 Å². The third-order valence-corrected chi connectivity index (χ3v) is 3.25. The standard InChI is InChI=1S/C11H20O5/c1-6-9(12-3)11(13-4)10-8(15-6)5-14-7(2)16-10/h6-11H,5H2,1-4H3/t6-,7+,8+,9-,10+,11+/m0/s1. The van der Waals surface area contributed by atoms with Gasteiger partial charge in [-0.15, -0.1) is 0 Å². The molecule has 0 radical (unpaired) electrons. The molecule has 5 nitrogen and oxygen atoms in total. The number of hydrogen-bond acceptors (Lipinski definition) is 5. The van der Waals surface area contributed by atoms with E-state index in [4.69, 9.17) is 23.7 Å². The molecule has 0 aromatic rings. The lowest BCUT2D eigenvalue weighted by Crippen LogP contribution is -2.62. The molecule has 2 fully saturated rings. The summed E-state index contributed by atoms with van der Waals surface area (Å²) in [5.74, 6) is 0. The van der Waals surface area contributed by atoms with Crippen molar-refractivity contribution in [3.63, 3.8) is 0 Å². The van der Waals surface area contributed by atoms with E-state index < -0.39 is 0 Å². The summed E-state index contributed by atoms with van der Waals surface area (Å²) in [6, 6.07) is 0. The highest BCUT2D eigenvalue weighted by atomic mass is 16.7. The minimum atomic E-state index is -0.214. The van der Waals surface area contributed by atoms with Gasteiger partial charge in [0.25, 0.3) is 0 Å². The summed E-state index contributed by atoms with van der Waals surface area (Å²) < 4.78 is 27.9. The molecule has 0 aliphatic carbocycles. The monoisotopic (exact) mass is 232 g/mol. The number of ether oxygens (including phenoxy) is 5. The van der Waals surface area contributed by atoms with Crippen LogP contribution in [0, 0.1) is 0 Å². The van der Waals surface area contributed by atoms with Crippen molar-refractivity contribution in [1.29, 1.82) is 0 Å². The maximum Gasteiger partial charge on any atom is 0.155 e. The van der Waals surface area contributed by atoms with Crippen molar-refractivity contribution in [2.75, 3.05) is 20.8 Å². The molecule has 0 bridgehead atoms. The Balaban J connectivity index is 2.13. The van der Waals surface area contributed by atoms with Crippen LogP contribution in [0.25, 0.3) is 0 Å². The largest absolute Gasteiger partial charge is 0.376 e. The lowest BCUT2D eigenvalue weighted by atomic mass is 9.95. The van der Waals surface area contributed by atoms with Gasteiger partial charge in [-0.1, -0.05) is 0 Å². The van der Waals surface area contributed by atoms with Crippen LogP contribution in [0.1, 0.15) is 13.8 Å². The Hall–Kier alpha value is -0.200. The molecule has 0 aromatic carbocycles. The van der Waals surface area contributed by atoms with E-state index in [2.05, 4.69) is 0 Å². The van der Waals surface area contributed by atoms with Gasteiger partial charge in [0.15, 0.2) is 6.29 Å². The quantitative estimate of drug-likeness (QED) is 0.696. The average molecular weight is 232 g/mol. The summed E-state index contributed by atoms with van der Waals surface area (Å²) >= 11 is 0. The zero-order valence-electron chi connectivity index (χ0n) is 10.2. The Morgan fingerprint density at radius 2 is 1.69 bits per heavy atom. The van der Waals surface area contributed by atoms with Crippen molar-refractivity contribution in [1.82, 2.24) is 0 Å². The van der Waals surface area contributed by atoms with Gasteiger partial charge in [0.2, 0.25) is 0 Å². The first-order chi connectivity index (χ1) is 7.67. The average Bonchev–Trinajstić information content (AvgIpc) is 2.28. The number of methoxy groups -OCH3 is 2. The first kappa shape index (κ1) is 12.3. The van der Waals surface area contributed by atoms with Crippen molar-refractivity contribution in [2.45, 2.75) is 50.7 Å². The molecule has 16 heavy (non-hydrogen) atoms. The van der Waals surface area contributed by atoms with Gasteiger partial charge in [-0.25, -0.2) is 0 Å². The normalized spacial score (nSPS) is 48.8. The molecule has 94 valence electrons. The SMILES string of the molecule is CO[C@@H]1[C@@H](OC)[C@H](C)O[C@@H]2CO[C@@H](C)O[C@@H]12. The Bertz CT molecular complexity index is 234. The second kappa shape index (κ2) is 4.98. The highest BCUT2D eigenvalue weighted by Crippen LogP contribution is 2.30. The number of rotatable bonds is 2. The minimum Gasteiger partial charge on any atom is -0.376 e. The van der Waals surface area contributed by atoms with Crippen LogP contribution in [-0.4, -0.2) is 57.6 Å². The van der Waals surface area contributed by atoms with Crippen LogP contribution in [0.5, 0.6) is 0 Å². The maximum atomic E-state index is 5.82. The number of hydrogen-bond donors (Lipinski definition) is 0. The fourth-order valence-corrected chi connectivity index (χ4v) is 2.48. The van der Waals surface area contributed by atoms with E-state index in [0.717, 1.165) is 0 Å². The van der Waals surface area contributed by atoms with Gasteiger partial charge >= 0.3 is 0 Å². The molecule has 0 spiro atoms. The van der Waals surface area contributed by atoms with Gasteiger partial charge in [0.1, 0.15) is 24.4 Å². The summed E-state index contributed by atoms with van der Waals surface area (Å²) in [6.07, 6.45) is -0.621. The molecule has 0 unspecified atom stereocenters. The van der Waals surface area contributed by atoms with E-state index in [0.29, 0.717) is 6.61 Å². The highest BCUT2D eigenvalue weighted by molar-refractivity contribution is 4.94. The Morgan fingerprint density at radius 1 is 1.00 bits per heavy atom. The van der Waals surface area contributed by atoms with E-state index in [1.165, 1.54) is 0 Å². The van der Waals surface area contributed by atoms with Crippen LogP contribution in [0.3, 0.4) is 0 Å². The van der Waals surface area contributed by atoms with E-state index >= 15 is 0 Å². The molecule has 2 aliphatic heterocycles. The summed E-state index contributed by atoms with van der Waals surface area (Å²) in [7, 11) is 3.34. The van der Waals surface area contributed by atoms with Crippen LogP contribution in [0.15, 0.2) is 0 Å². The summed E-state index contributed by atoms with van der Waals surface area (Å²) in [5.41, 5.74) is 0. The third-order valence-electron chi connectivity index (χ3n) is 3.25. The fourth-order valence-electron chi connectivity index (χ4n) is 2.48. The Morgan fingerprint density at radius 3 is 2.31 bits per heavy atom. The van der Waals surface area contributed by atoms with Crippen LogP contribution < -0.4 is 0 Å². The van der Waals surface area contributed by atoms with Gasteiger partial charge in [0, 0.05) is 14.2 Å². The zero-order valence-corrected chi connectivity index (χ0v) is 10.2. The molecular weight excluding hydrogens is 212 g/mol. The van der Waals surface area contributed by atoms with E-state index in [1.807, 2.05) is 13.8 Å². The number of fused-ring (bicyclic) bond motifs is 1. The smallest absolute Gasteiger partial charge is 0.155 e. The lowest BCUT2D eigenvalue weighted by Gasteiger charge is -2.47. The first-order valence-electron chi connectivity index (χ1n) is 5.65. The first-order valence-corrected chi connectivity index (χ1v) is 5.65. The van der Waals surface area contributed by atoms with Gasteiger partial charge in [-0.05, 0) is 13.8 Å². The Labute approximate surface area is 95.9 Å². The molecule has 2 aliphatic rings. The predicted molar refractivity (Wildman–Crippen MR) is 56.2 cm³/mol. The van der Waals surface area contributed by atoms with E-state index in [1.54, 1.807) is 14.2 Å². The predicted octanol–water partition coefficient (Wildman–Crippen LogP) is 0.565.